The van der Waals surface area contributed by atoms with Gasteiger partial charge in [0.2, 0.25) is 0 Å². The second-order valence-corrected chi connectivity index (χ2v) is 7.00. The van der Waals surface area contributed by atoms with Crippen LogP contribution in [0.2, 0.25) is 0 Å². The predicted octanol–water partition coefficient (Wildman–Crippen LogP) is 4.42. The van der Waals surface area contributed by atoms with Gasteiger partial charge >= 0.3 is 0 Å². The molecule has 1 spiro atoms. The Hall–Kier alpha value is -0.260. The quantitative estimate of drug-likeness (QED) is 0.513. The molecule has 84 valence electrons. The monoisotopic (exact) mass is 204 g/mol. The summed E-state index contributed by atoms with van der Waals surface area (Å²) < 4.78 is 0. The van der Waals surface area contributed by atoms with Crippen molar-refractivity contribution in [3.05, 3.63) is 11.6 Å². The molecule has 3 aliphatic rings. The van der Waals surface area contributed by atoms with Gasteiger partial charge in [-0.25, -0.2) is 0 Å². The first-order valence-corrected chi connectivity index (χ1v) is 6.68. The third-order valence-corrected chi connectivity index (χ3v) is 6.10. The van der Waals surface area contributed by atoms with Crippen molar-refractivity contribution in [2.45, 2.75) is 53.4 Å². The van der Waals surface area contributed by atoms with Gasteiger partial charge in [-0.1, -0.05) is 39.3 Å². The fourth-order valence-electron chi connectivity index (χ4n) is 5.11. The lowest BCUT2D eigenvalue weighted by molar-refractivity contribution is 0.0889. The smallest absolute Gasteiger partial charge is 0.00285 e. The first kappa shape index (κ1) is 9.93. The van der Waals surface area contributed by atoms with Crippen molar-refractivity contribution in [2.24, 2.45) is 28.6 Å². The molecule has 0 aromatic rings. The van der Waals surface area contributed by atoms with E-state index in [-0.39, 0.29) is 0 Å². The Balaban J connectivity index is 2.12. The average Bonchev–Trinajstić information content (AvgIpc) is 2.61. The molecule has 2 fully saturated rings. The molecule has 15 heavy (non-hydrogen) atoms. The van der Waals surface area contributed by atoms with Crippen LogP contribution in [0, 0.1) is 28.6 Å². The van der Waals surface area contributed by atoms with E-state index in [4.69, 9.17) is 0 Å². The third kappa shape index (κ3) is 0.990. The molecule has 0 unspecified atom stereocenters. The molecule has 0 aliphatic heterocycles. The molecule has 3 rings (SSSR count). The van der Waals surface area contributed by atoms with Crippen LogP contribution < -0.4 is 0 Å². The van der Waals surface area contributed by atoms with E-state index in [0.29, 0.717) is 10.8 Å². The number of hydrogen-bond acceptors (Lipinski definition) is 0. The predicted molar refractivity (Wildman–Crippen MR) is 64.6 cm³/mol. The van der Waals surface area contributed by atoms with Gasteiger partial charge in [0.05, 0.1) is 0 Å². The second-order valence-electron chi connectivity index (χ2n) is 7.00. The summed E-state index contributed by atoms with van der Waals surface area (Å²) in [6.07, 6.45) is 8.30. The summed E-state index contributed by atoms with van der Waals surface area (Å²) in [6.45, 7) is 10.0. The molecule has 0 N–H and O–H groups in total. The second kappa shape index (κ2) is 2.70. The molecule has 4 atom stereocenters. The topological polar surface area (TPSA) is 0 Å². The average molecular weight is 204 g/mol. The number of fused-ring (bicyclic) bond motifs is 1. The molecule has 3 aliphatic carbocycles. The van der Waals surface area contributed by atoms with Gasteiger partial charge in [-0.15, -0.1) is 0 Å². The first-order valence-electron chi connectivity index (χ1n) is 6.68. The minimum absolute atomic E-state index is 0.560. The van der Waals surface area contributed by atoms with Crippen LogP contribution in [0.5, 0.6) is 0 Å². The minimum Gasteiger partial charge on any atom is -0.0844 e. The third-order valence-electron chi connectivity index (χ3n) is 6.10. The fourth-order valence-corrected chi connectivity index (χ4v) is 5.11. The minimum atomic E-state index is 0.560. The zero-order chi connectivity index (χ0) is 10.8. The van der Waals surface area contributed by atoms with Crippen LogP contribution >= 0.6 is 0 Å². The zero-order valence-corrected chi connectivity index (χ0v) is 10.6. The standard InChI is InChI=1S/C15H24/c1-10-8-15-9-12(10)11(2)13(15)6-5-7-14(15,3)4/h6,10-12H,5,7-9H2,1-4H3/t10-,11-,12-,15+/m0/s1. The molecule has 0 heteroatoms. The van der Waals surface area contributed by atoms with Crippen LogP contribution in [0.4, 0.5) is 0 Å². The van der Waals surface area contributed by atoms with Crippen molar-refractivity contribution in [3.8, 4) is 0 Å². The molecule has 0 saturated heterocycles. The van der Waals surface area contributed by atoms with Gasteiger partial charge in [0, 0.05) is 0 Å². The Morgan fingerprint density at radius 3 is 2.67 bits per heavy atom. The lowest BCUT2D eigenvalue weighted by Gasteiger charge is -2.49. The van der Waals surface area contributed by atoms with E-state index in [0.717, 1.165) is 17.8 Å². The van der Waals surface area contributed by atoms with Crippen molar-refractivity contribution in [1.82, 2.24) is 0 Å². The summed E-state index contributed by atoms with van der Waals surface area (Å²) in [7, 11) is 0. The highest BCUT2D eigenvalue weighted by Gasteiger charge is 2.62. The van der Waals surface area contributed by atoms with Gasteiger partial charge in [-0.05, 0) is 54.3 Å². The molecular formula is C15H24. The van der Waals surface area contributed by atoms with Gasteiger partial charge in [-0.2, -0.15) is 0 Å². The van der Waals surface area contributed by atoms with Gasteiger partial charge in [0.1, 0.15) is 0 Å². The largest absolute Gasteiger partial charge is 0.0844 e. The summed E-state index contributed by atoms with van der Waals surface area (Å²) in [5, 5.41) is 0. The normalized spacial score (nSPS) is 51.5. The summed E-state index contributed by atoms with van der Waals surface area (Å²) in [4.78, 5) is 0. The van der Waals surface area contributed by atoms with Crippen molar-refractivity contribution in [2.75, 3.05) is 0 Å². The number of allylic oxidation sites excluding steroid dienone is 2. The summed E-state index contributed by atoms with van der Waals surface area (Å²) in [5.74, 6) is 2.84. The van der Waals surface area contributed by atoms with E-state index in [9.17, 15) is 0 Å². The van der Waals surface area contributed by atoms with Gasteiger partial charge < -0.3 is 0 Å². The Morgan fingerprint density at radius 1 is 1.20 bits per heavy atom. The van der Waals surface area contributed by atoms with E-state index in [1.54, 1.807) is 0 Å². The van der Waals surface area contributed by atoms with Crippen LogP contribution in [0.1, 0.15) is 53.4 Å². The Morgan fingerprint density at radius 2 is 1.93 bits per heavy atom. The lowest BCUT2D eigenvalue weighted by Crippen LogP contribution is -2.40. The van der Waals surface area contributed by atoms with E-state index < -0.39 is 0 Å². The summed E-state index contributed by atoms with van der Waals surface area (Å²) in [5.41, 5.74) is 3.02. The Kier molecular flexibility index (Phi) is 1.79. The van der Waals surface area contributed by atoms with Crippen molar-refractivity contribution < 1.29 is 0 Å². The molecule has 0 aromatic heterocycles. The Bertz CT molecular complexity index is 323. The SMILES string of the molecule is C[C@@H]1C2=CCCC(C)(C)[C@]23C[C@H]1[C@@H](C)C3. The van der Waals surface area contributed by atoms with Crippen molar-refractivity contribution >= 4 is 0 Å². The van der Waals surface area contributed by atoms with E-state index in [2.05, 4.69) is 33.8 Å². The molecule has 0 nitrogen and oxygen atoms in total. The van der Waals surface area contributed by atoms with Gasteiger partial charge in [-0.3, -0.25) is 0 Å². The lowest BCUT2D eigenvalue weighted by atomic mass is 9.55. The maximum Gasteiger partial charge on any atom is -0.00285 e. The summed E-state index contributed by atoms with van der Waals surface area (Å²) >= 11 is 0. The molecule has 2 saturated carbocycles. The van der Waals surface area contributed by atoms with Crippen LogP contribution in [-0.4, -0.2) is 0 Å². The molecule has 0 amide bonds. The maximum atomic E-state index is 2.60. The van der Waals surface area contributed by atoms with Gasteiger partial charge in [0.25, 0.3) is 0 Å². The molecule has 0 aromatic carbocycles. The first-order chi connectivity index (χ1) is 6.98. The summed E-state index contributed by atoms with van der Waals surface area (Å²) in [6, 6.07) is 0. The van der Waals surface area contributed by atoms with Crippen molar-refractivity contribution in [3.63, 3.8) is 0 Å². The van der Waals surface area contributed by atoms with E-state index in [1.165, 1.54) is 25.7 Å². The van der Waals surface area contributed by atoms with Crippen LogP contribution in [0.3, 0.4) is 0 Å². The molecule has 0 heterocycles. The molecule has 2 bridgehead atoms. The Labute approximate surface area is 94.1 Å². The number of rotatable bonds is 0. The maximum absolute atomic E-state index is 2.60. The van der Waals surface area contributed by atoms with E-state index >= 15 is 0 Å². The molecular weight excluding hydrogens is 180 g/mol. The highest BCUT2D eigenvalue weighted by Crippen LogP contribution is 2.71. The van der Waals surface area contributed by atoms with Gasteiger partial charge in [0.15, 0.2) is 0 Å². The zero-order valence-electron chi connectivity index (χ0n) is 10.6. The van der Waals surface area contributed by atoms with E-state index in [1.807, 2.05) is 5.57 Å². The van der Waals surface area contributed by atoms with Crippen molar-refractivity contribution in [1.29, 1.82) is 0 Å². The highest BCUT2D eigenvalue weighted by atomic mass is 14.7. The van der Waals surface area contributed by atoms with Crippen LogP contribution in [-0.2, 0) is 0 Å². The van der Waals surface area contributed by atoms with Crippen LogP contribution in [0.15, 0.2) is 11.6 Å². The fraction of sp³-hybridized carbons (Fsp3) is 0.867. The van der Waals surface area contributed by atoms with Crippen LogP contribution in [0.25, 0.3) is 0 Å². The highest BCUT2D eigenvalue weighted by molar-refractivity contribution is 5.33. The number of hydrogen-bond donors (Lipinski definition) is 0. The molecule has 0 radical (unpaired) electrons.